The van der Waals surface area contributed by atoms with E-state index in [-0.39, 0.29) is 62.7 Å². The second kappa shape index (κ2) is 16.2. The van der Waals surface area contributed by atoms with Crippen molar-refractivity contribution < 1.29 is 39.6 Å². The van der Waals surface area contributed by atoms with Crippen molar-refractivity contribution in [1.82, 2.24) is 15.5 Å². The van der Waals surface area contributed by atoms with Crippen LogP contribution >= 0.6 is 0 Å². The van der Waals surface area contributed by atoms with Gasteiger partial charge in [-0.1, -0.05) is 42.5 Å². The Morgan fingerprint density at radius 2 is 1.60 bits per heavy atom. The molecular weight excluding hydrogens is 608 g/mol. The Balaban J connectivity index is 1.57. The van der Waals surface area contributed by atoms with Crippen molar-refractivity contribution in [3.63, 3.8) is 0 Å². The minimum atomic E-state index is -1.51. The molecule has 1 heterocycles. The number of hydrogen-bond donors (Lipinski definition) is 8. The zero-order chi connectivity index (χ0) is 34.1. The van der Waals surface area contributed by atoms with Crippen LogP contribution in [0.15, 0.2) is 59.6 Å². The first-order valence-electron chi connectivity index (χ1n) is 15.8. The van der Waals surface area contributed by atoms with E-state index in [2.05, 4.69) is 15.6 Å². The molecule has 14 nitrogen and oxygen atoms in total. The van der Waals surface area contributed by atoms with E-state index >= 15 is 0 Å². The molecule has 2 aliphatic rings. The van der Waals surface area contributed by atoms with Crippen LogP contribution in [0.25, 0.3) is 0 Å². The molecule has 0 bridgehead atoms. The van der Waals surface area contributed by atoms with Crippen molar-refractivity contribution >= 4 is 29.7 Å². The number of guanidine groups is 1. The number of aliphatic carboxylic acids is 1. The van der Waals surface area contributed by atoms with E-state index in [1.807, 2.05) is 6.07 Å². The summed E-state index contributed by atoms with van der Waals surface area (Å²) in [4.78, 5) is 58.8. The second-order valence-electron chi connectivity index (χ2n) is 12.3. The number of carboxylic acid groups (broad SMARTS) is 1. The Hall–Kier alpha value is -4.69. The van der Waals surface area contributed by atoms with Crippen LogP contribution in [0.4, 0.5) is 0 Å². The van der Waals surface area contributed by atoms with Crippen LogP contribution in [0.3, 0.4) is 0 Å². The van der Waals surface area contributed by atoms with Crippen LogP contribution < -0.4 is 22.1 Å². The number of likely N-dealkylation sites (tertiary alicyclic amines) is 1. The summed E-state index contributed by atoms with van der Waals surface area (Å²) in [5.41, 5.74) is 12.0. The van der Waals surface area contributed by atoms with Crippen LogP contribution in [0.2, 0.25) is 0 Å². The first-order valence-corrected chi connectivity index (χ1v) is 15.8. The fourth-order valence-corrected chi connectivity index (χ4v) is 6.46. The molecule has 14 heteroatoms. The van der Waals surface area contributed by atoms with E-state index < -0.39 is 60.1 Å². The van der Waals surface area contributed by atoms with Gasteiger partial charge < -0.3 is 47.4 Å². The number of phenols is 1. The average Bonchev–Trinajstić information content (AvgIpc) is 3.41. The standard InChI is InChI=1S/C33H44N6O8/c34-33(35)36-14-4-7-24(32(46)47)37-29(43)27-17-21-10-13-23(41)18-26(21)39(27)31(45)25(15-19-5-2-1-3-6-19)38-30(44)28(42)16-20-8-11-22(40)12-9-20/h1-3,5-6,8-9,11-12,21,23-28,40-42H,4,7,10,13-18H2,(H,37,43)(H,38,44)(H,46,47)(H4,34,35,36)/t21-,23+,24-,25+,26-,27-,28+/m0/s1. The SMILES string of the molecule is NC(N)=NCCC[C@H](NC(=O)[C@@H]1C[C@@H]2CC[C@@H](O)C[C@@H]2N1C(=O)[C@@H](Cc1ccccc1)NC(=O)[C@H](O)Cc1ccc(O)cc1)C(=O)O. The lowest BCUT2D eigenvalue weighted by molar-refractivity contribution is -0.147. The zero-order valence-corrected chi connectivity index (χ0v) is 26.1. The third kappa shape index (κ3) is 9.66. The number of nitrogens with two attached hydrogens (primary N) is 2. The van der Waals surface area contributed by atoms with E-state index in [4.69, 9.17) is 11.5 Å². The van der Waals surface area contributed by atoms with Crippen LogP contribution in [-0.2, 0) is 32.0 Å². The van der Waals surface area contributed by atoms with Crippen molar-refractivity contribution in [3.05, 3.63) is 65.7 Å². The highest BCUT2D eigenvalue weighted by molar-refractivity contribution is 5.95. The van der Waals surface area contributed by atoms with Crippen LogP contribution in [0.5, 0.6) is 5.75 Å². The van der Waals surface area contributed by atoms with Crippen molar-refractivity contribution in [1.29, 1.82) is 0 Å². The van der Waals surface area contributed by atoms with Crippen molar-refractivity contribution in [2.75, 3.05) is 6.54 Å². The summed E-state index contributed by atoms with van der Waals surface area (Å²) < 4.78 is 0. The molecule has 0 aromatic heterocycles. The summed E-state index contributed by atoms with van der Waals surface area (Å²) in [5.74, 6) is -3.46. The van der Waals surface area contributed by atoms with E-state index in [1.165, 1.54) is 17.0 Å². The molecule has 10 N–H and O–H groups in total. The van der Waals surface area contributed by atoms with Gasteiger partial charge in [0, 0.05) is 25.4 Å². The quantitative estimate of drug-likeness (QED) is 0.0758. The fourth-order valence-electron chi connectivity index (χ4n) is 6.46. The van der Waals surface area contributed by atoms with Gasteiger partial charge in [-0.2, -0.15) is 0 Å². The van der Waals surface area contributed by atoms with Crippen LogP contribution in [0, 0.1) is 5.92 Å². The maximum Gasteiger partial charge on any atom is 0.326 e. The van der Waals surface area contributed by atoms with Gasteiger partial charge in [-0.05, 0) is 67.7 Å². The monoisotopic (exact) mass is 652 g/mol. The lowest BCUT2D eigenvalue weighted by Crippen LogP contribution is -2.59. The molecule has 2 fully saturated rings. The van der Waals surface area contributed by atoms with Crippen LogP contribution in [-0.4, -0.2) is 97.9 Å². The number of benzene rings is 2. The van der Waals surface area contributed by atoms with E-state index in [9.17, 15) is 39.6 Å². The van der Waals surface area contributed by atoms with E-state index in [1.54, 1.807) is 36.4 Å². The van der Waals surface area contributed by atoms with Gasteiger partial charge in [0.05, 0.1) is 6.10 Å². The van der Waals surface area contributed by atoms with Gasteiger partial charge in [0.1, 0.15) is 30.0 Å². The van der Waals surface area contributed by atoms with Gasteiger partial charge in [-0.25, -0.2) is 4.79 Å². The molecule has 1 saturated carbocycles. The summed E-state index contributed by atoms with van der Waals surface area (Å²) in [7, 11) is 0. The van der Waals surface area contributed by atoms with Gasteiger partial charge in [0.25, 0.3) is 0 Å². The molecule has 1 aliphatic heterocycles. The molecule has 7 atom stereocenters. The predicted molar refractivity (Wildman–Crippen MR) is 172 cm³/mol. The number of hydrogen-bond acceptors (Lipinski definition) is 8. The van der Waals surface area contributed by atoms with Crippen molar-refractivity contribution in [3.8, 4) is 5.75 Å². The Morgan fingerprint density at radius 3 is 2.26 bits per heavy atom. The Morgan fingerprint density at radius 1 is 0.915 bits per heavy atom. The normalized spacial score (nSPS) is 22.3. The molecule has 0 radical (unpaired) electrons. The average molecular weight is 653 g/mol. The molecule has 1 aliphatic carbocycles. The third-order valence-corrected chi connectivity index (χ3v) is 8.83. The largest absolute Gasteiger partial charge is 0.508 e. The minimum Gasteiger partial charge on any atom is -0.508 e. The van der Waals surface area contributed by atoms with Crippen molar-refractivity contribution in [2.24, 2.45) is 22.4 Å². The molecule has 2 aromatic carbocycles. The summed E-state index contributed by atoms with van der Waals surface area (Å²) in [6.45, 7) is 0.178. The number of carbonyl (C=O) groups excluding carboxylic acids is 3. The Kier molecular flexibility index (Phi) is 12.1. The molecule has 1 saturated heterocycles. The summed E-state index contributed by atoms with van der Waals surface area (Å²) in [6.07, 6.45) is -0.286. The molecule has 4 rings (SSSR count). The Bertz CT molecular complexity index is 1420. The Labute approximate surface area is 272 Å². The smallest absolute Gasteiger partial charge is 0.326 e. The molecule has 3 amide bonds. The van der Waals surface area contributed by atoms with Gasteiger partial charge >= 0.3 is 5.97 Å². The van der Waals surface area contributed by atoms with Gasteiger partial charge in [-0.15, -0.1) is 0 Å². The first kappa shape index (κ1) is 35.2. The maximum atomic E-state index is 14.5. The number of amides is 3. The number of nitrogens with one attached hydrogen (secondary N) is 2. The molecule has 0 spiro atoms. The summed E-state index contributed by atoms with van der Waals surface area (Å²) in [6, 6.07) is 11.0. The van der Waals surface area contributed by atoms with Gasteiger partial charge in [-0.3, -0.25) is 19.4 Å². The molecule has 47 heavy (non-hydrogen) atoms. The highest BCUT2D eigenvalue weighted by atomic mass is 16.4. The first-order chi connectivity index (χ1) is 22.4. The maximum absolute atomic E-state index is 14.5. The number of phenolic OH excluding ortho intramolecular Hbond substituents is 1. The lowest BCUT2D eigenvalue weighted by atomic mass is 9.83. The minimum absolute atomic E-state index is 0.0390. The number of aromatic hydroxyl groups is 1. The highest BCUT2D eigenvalue weighted by Gasteiger charge is 2.50. The number of aliphatic hydroxyl groups is 2. The fraction of sp³-hybridized carbons (Fsp3) is 0.485. The van der Waals surface area contributed by atoms with E-state index in [0.29, 0.717) is 18.4 Å². The lowest BCUT2D eigenvalue weighted by Gasteiger charge is -2.37. The van der Waals surface area contributed by atoms with Gasteiger partial charge in [0.15, 0.2) is 5.96 Å². The molecule has 2 aromatic rings. The number of carboxylic acids is 1. The zero-order valence-electron chi connectivity index (χ0n) is 26.1. The van der Waals surface area contributed by atoms with Gasteiger partial charge in [0.2, 0.25) is 17.7 Å². The summed E-state index contributed by atoms with van der Waals surface area (Å²) >= 11 is 0. The number of aliphatic hydroxyl groups excluding tert-OH is 2. The third-order valence-electron chi connectivity index (χ3n) is 8.83. The number of aliphatic imine (C=N–C) groups is 1. The molecule has 254 valence electrons. The number of fused-ring (bicyclic) bond motifs is 1. The highest BCUT2D eigenvalue weighted by Crippen LogP contribution is 2.40. The topological polar surface area (TPSA) is 241 Å². The second-order valence-corrected chi connectivity index (χ2v) is 12.3. The number of rotatable bonds is 14. The van der Waals surface area contributed by atoms with E-state index in [0.717, 1.165) is 5.56 Å². The molecule has 0 unspecified atom stereocenters. The number of carbonyl (C=O) groups is 4. The summed E-state index contributed by atoms with van der Waals surface area (Å²) in [5, 5.41) is 45.9. The predicted octanol–water partition coefficient (Wildman–Crippen LogP) is -0.223. The van der Waals surface area contributed by atoms with Crippen LogP contribution in [0.1, 0.15) is 49.7 Å². The van der Waals surface area contributed by atoms with Crippen molar-refractivity contribution in [2.45, 2.75) is 87.7 Å². The molecular formula is C33H44N6O8. The number of nitrogens with zero attached hydrogens (tertiary/aromatic N) is 2.